The highest BCUT2D eigenvalue weighted by Crippen LogP contribution is 2.39. The second-order valence-corrected chi connectivity index (χ2v) is 6.34. The lowest BCUT2D eigenvalue weighted by Crippen LogP contribution is -2.06. The highest BCUT2D eigenvalue weighted by molar-refractivity contribution is 9.10. The largest absolute Gasteiger partial charge is 0.372 e. The highest BCUT2D eigenvalue weighted by atomic mass is 79.9. The molecule has 110 valence electrons. The topological polar surface area (TPSA) is 50.7 Å². The van der Waals surface area contributed by atoms with Gasteiger partial charge in [-0.25, -0.2) is 9.97 Å². The van der Waals surface area contributed by atoms with Gasteiger partial charge in [0.15, 0.2) is 5.82 Å². The summed E-state index contributed by atoms with van der Waals surface area (Å²) in [6.07, 6.45) is 6.84. The molecule has 0 spiro atoms. The zero-order valence-corrected chi connectivity index (χ0v) is 13.9. The van der Waals surface area contributed by atoms with Crippen molar-refractivity contribution in [2.24, 2.45) is 0 Å². The van der Waals surface area contributed by atoms with Crippen LogP contribution >= 0.6 is 15.9 Å². The van der Waals surface area contributed by atoms with Gasteiger partial charge in [-0.2, -0.15) is 0 Å². The average molecular weight is 347 g/mol. The van der Waals surface area contributed by atoms with Crippen LogP contribution in [-0.4, -0.2) is 22.0 Å². The first-order chi connectivity index (χ1) is 10.2. The van der Waals surface area contributed by atoms with E-state index in [1.165, 1.54) is 25.7 Å². The number of hydrogen-bond acceptors (Lipinski definition) is 4. The number of aryl methyl sites for hydroxylation is 1. The molecule has 3 rings (SSSR count). The van der Waals surface area contributed by atoms with Crippen molar-refractivity contribution in [1.29, 1.82) is 0 Å². The van der Waals surface area contributed by atoms with Crippen LogP contribution < -0.4 is 5.32 Å². The minimum atomic E-state index is 0.527. The van der Waals surface area contributed by atoms with Gasteiger partial charge in [-0.3, -0.25) is 4.98 Å². The number of hydrogen-bond donors (Lipinski definition) is 1. The zero-order chi connectivity index (χ0) is 14.8. The molecule has 2 heterocycles. The summed E-state index contributed by atoms with van der Waals surface area (Å²) in [7, 11) is 1.89. The number of nitrogens with one attached hydrogen (secondary N) is 1. The molecular weight excluding hydrogens is 328 g/mol. The molecule has 5 heteroatoms. The maximum Gasteiger partial charge on any atom is 0.180 e. The van der Waals surface area contributed by atoms with Gasteiger partial charge in [0.25, 0.3) is 0 Å². The third kappa shape index (κ3) is 2.93. The number of aromatic nitrogens is 3. The van der Waals surface area contributed by atoms with Crippen LogP contribution in [0.3, 0.4) is 0 Å². The first-order valence-electron chi connectivity index (χ1n) is 7.37. The Labute approximate surface area is 133 Å². The van der Waals surface area contributed by atoms with Crippen molar-refractivity contribution < 1.29 is 0 Å². The predicted molar refractivity (Wildman–Crippen MR) is 88.5 cm³/mol. The van der Waals surface area contributed by atoms with E-state index >= 15 is 0 Å². The fourth-order valence-electron chi connectivity index (χ4n) is 2.81. The number of halogens is 1. The molecule has 0 saturated heterocycles. The van der Waals surface area contributed by atoms with Crippen LogP contribution in [-0.2, 0) is 0 Å². The predicted octanol–water partition coefficient (Wildman–Crippen LogP) is 4.31. The smallest absolute Gasteiger partial charge is 0.180 e. The van der Waals surface area contributed by atoms with Crippen molar-refractivity contribution in [3.05, 3.63) is 34.1 Å². The maximum atomic E-state index is 4.80. The van der Waals surface area contributed by atoms with Crippen LogP contribution in [0.25, 0.3) is 11.5 Å². The van der Waals surface area contributed by atoms with Crippen LogP contribution in [0.2, 0.25) is 0 Å². The lowest BCUT2D eigenvalue weighted by atomic mass is 10.0. The van der Waals surface area contributed by atoms with E-state index in [1.807, 2.05) is 32.3 Å². The number of nitrogens with zero attached hydrogens (tertiary/aromatic N) is 3. The molecule has 0 aliphatic heterocycles. The van der Waals surface area contributed by atoms with E-state index in [9.17, 15) is 0 Å². The molecule has 1 saturated carbocycles. The third-order valence-corrected chi connectivity index (χ3v) is 4.78. The summed E-state index contributed by atoms with van der Waals surface area (Å²) in [4.78, 5) is 13.8. The summed E-state index contributed by atoms with van der Waals surface area (Å²) < 4.78 is 0.993. The highest BCUT2D eigenvalue weighted by Gasteiger charge is 2.24. The minimum Gasteiger partial charge on any atom is -0.372 e. The van der Waals surface area contributed by atoms with Crippen molar-refractivity contribution in [3.8, 4) is 11.5 Å². The van der Waals surface area contributed by atoms with Crippen molar-refractivity contribution in [2.45, 2.75) is 38.5 Å². The van der Waals surface area contributed by atoms with Gasteiger partial charge in [-0.1, -0.05) is 18.9 Å². The van der Waals surface area contributed by atoms with E-state index in [0.29, 0.717) is 11.7 Å². The van der Waals surface area contributed by atoms with Gasteiger partial charge in [0.2, 0.25) is 0 Å². The first-order valence-corrected chi connectivity index (χ1v) is 8.16. The fraction of sp³-hybridized carbons (Fsp3) is 0.438. The van der Waals surface area contributed by atoms with Gasteiger partial charge in [0.1, 0.15) is 11.5 Å². The average Bonchev–Trinajstić information content (AvgIpc) is 3.02. The number of anilines is 1. The van der Waals surface area contributed by atoms with Crippen molar-refractivity contribution in [3.63, 3.8) is 0 Å². The van der Waals surface area contributed by atoms with Crippen molar-refractivity contribution >= 4 is 21.7 Å². The summed E-state index contributed by atoms with van der Waals surface area (Å²) in [6, 6.07) is 4.03. The minimum absolute atomic E-state index is 0.527. The van der Waals surface area contributed by atoms with Gasteiger partial charge in [0.05, 0.1) is 10.2 Å². The van der Waals surface area contributed by atoms with E-state index in [-0.39, 0.29) is 0 Å². The van der Waals surface area contributed by atoms with E-state index in [2.05, 4.69) is 31.2 Å². The van der Waals surface area contributed by atoms with Crippen LogP contribution in [0.4, 0.5) is 5.82 Å². The second kappa shape index (κ2) is 6.10. The lowest BCUT2D eigenvalue weighted by Gasteiger charge is -2.15. The SMILES string of the molecule is CNc1nc(-c2ccc(C)cn2)nc(C2CCCC2)c1Br. The molecule has 2 aromatic rings. The Bertz CT molecular complexity index is 633. The zero-order valence-electron chi connectivity index (χ0n) is 12.4. The summed E-state index contributed by atoms with van der Waals surface area (Å²) in [5.41, 5.74) is 3.08. The lowest BCUT2D eigenvalue weighted by molar-refractivity contribution is 0.691. The molecule has 0 amide bonds. The Morgan fingerprint density at radius 2 is 1.95 bits per heavy atom. The van der Waals surface area contributed by atoms with Crippen LogP contribution in [0, 0.1) is 6.92 Å². The van der Waals surface area contributed by atoms with Gasteiger partial charge in [0, 0.05) is 19.2 Å². The van der Waals surface area contributed by atoms with Crippen molar-refractivity contribution in [2.75, 3.05) is 12.4 Å². The van der Waals surface area contributed by atoms with E-state index in [1.54, 1.807) is 0 Å². The molecule has 0 bridgehead atoms. The van der Waals surface area contributed by atoms with Gasteiger partial charge < -0.3 is 5.32 Å². The molecular formula is C16H19BrN4. The molecule has 1 aliphatic rings. The van der Waals surface area contributed by atoms with E-state index < -0.39 is 0 Å². The molecule has 1 N–H and O–H groups in total. The summed E-state index contributed by atoms with van der Waals surface area (Å²) in [6.45, 7) is 2.03. The molecule has 0 radical (unpaired) electrons. The third-order valence-electron chi connectivity index (χ3n) is 4.00. The Morgan fingerprint density at radius 1 is 1.19 bits per heavy atom. The summed E-state index contributed by atoms with van der Waals surface area (Å²) in [5.74, 6) is 2.06. The quantitative estimate of drug-likeness (QED) is 0.899. The number of pyridine rings is 1. The van der Waals surface area contributed by atoms with E-state index in [4.69, 9.17) is 4.98 Å². The second-order valence-electron chi connectivity index (χ2n) is 5.55. The van der Waals surface area contributed by atoms with E-state index in [0.717, 1.165) is 27.2 Å². The van der Waals surface area contributed by atoms with Crippen LogP contribution in [0.5, 0.6) is 0 Å². The summed E-state index contributed by atoms with van der Waals surface area (Å²) in [5, 5.41) is 3.15. The normalized spacial score (nSPS) is 15.4. The fourth-order valence-corrected chi connectivity index (χ4v) is 3.51. The van der Waals surface area contributed by atoms with Gasteiger partial charge in [-0.15, -0.1) is 0 Å². The standard InChI is InChI=1S/C16H19BrN4/c1-10-7-8-12(19-9-10)15-20-14(11-5-3-4-6-11)13(17)16(18-2)21-15/h7-9,11H,3-6H2,1-2H3,(H,18,20,21). The Kier molecular flexibility index (Phi) is 4.19. The molecule has 0 aromatic carbocycles. The number of rotatable bonds is 3. The molecule has 21 heavy (non-hydrogen) atoms. The van der Waals surface area contributed by atoms with Crippen LogP contribution in [0.15, 0.2) is 22.8 Å². The Balaban J connectivity index is 2.08. The van der Waals surface area contributed by atoms with Gasteiger partial charge in [-0.05, 0) is 47.3 Å². The maximum absolute atomic E-state index is 4.80. The molecule has 0 atom stereocenters. The molecule has 4 nitrogen and oxygen atoms in total. The molecule has 0 unspecified atom stereocenters. The Hall–Kier alpha value is -1.49. The van der Waals surface area contributed by atoms with Crippen molar-refractivity contribution in [1.82, 2.24) is 15.0 Å². The monoisotopic (exact) mass is 346 g/mol. The molecule has 1 aliphatic carbocycles. The van der Waals surface area contributed by atoms with Gasteiger partial charge >= 0.3 is 0 Å². The summed E-state index contributed by atoms with van der Waals surface area (Å²) >= 11 is 3.66. The Morgan fingerprint density at radius 3 is 2.57 bits per heavy atom. The molecule has 1 fully saturated rings. The molecule has 2 aromatic heterocycles. The van der Waals surface area contributed by atoms with Crippen LogP contribution in [0.1, 0.15) is 42.9 Å². The first kappa shape index (κ1) is 14.4.